The van der Waals surface area contributed by atoms with Crippen molar-refractivity contribution >= 4 is 23.0 Å². The minimum absolute atomic E-state index is 0.711. The minimum atomic E-state index is 0.711. The Morgan fingerprint density at radius 3 is 2.52 bits per heavy atom. The Morgan fingerprint density at radius 2 is 1.81 bits per heavy atom. The highest BCUT2D eigenvalue weighted by atomic mass is 35.5. The number of halogens is 1. The van der Waals surface area contributed by atoms with Crippen LogP contribution in [-0.4, -0.2) is 18.5 Å². The minimum Gasteiger partial charge on any atom is -0.497 e. The molecule has 106 valence electrons. The summed E-state index contributed by atoms with van der Waals surface area (Å²) in [5.41, 5.74) is 5.10. The molecule has 0 unspecified atom stereocenters. The van der Waals surface area contributed by atoms with Crippen LogP contribution >= 0.6 is 11.6 Å². The van der Waals surface area contributed by atoms with Gasteiger partial charge in [0.2, 0.25) is 0 Å². The van der Waals surface area contributed by atoms with Crippen molar-refractivity contribution in [2.24, 2.45) is 10.2 Å². The fraction of sp³-hybridized carbons (Fsp3) is 0.176. The molecular weight excluding hydrogens is 284 g/mol. The van der Waals surface area contributed by atoms with Gasteiger partial charge in [-0.1, -0.05) is 23.7 Å². The van der Waals surface area contributed by atoms with Crippen molar-refractivity contribution in [3.05, 3.63) is 64.2 Å². The number of hydrogen-bond acceptors (Lipinski definition) is 3. The van der Waals surface area contributed by atoms with E-state index < -0.39 is 0 Å². The van der Waals surface area contributed by atoms with Crippen LogP contribution in [0.15, 0.2) is 52.7 Å². The molecule has 1 aliphatic rings. The summed E-state index contributed by atoms with van der Waals surface area (Å²) in [6, 6.07) is 13.7. The third kappa shape index (κ3) is 2.83. The number of benzene rings is 2. The van der Waals surface area contributed by atoms with Crippen LogP contribution in [0.4, 0.5) is 0 Å². The highest BCUT2D eigenvalue weighted by Gasteiger charge is 2.16. The van der Waals surface area contributed by atoms with Gasteiger partial charge >= 0.3 is 0 Å². The van der Waals surface area contributed by atoms with Crippen molar-refractivity contribution in [1.82, 2.24) is 0 Å². The zero-order chi connectivity index (χ0) is 14.8. The Balaban J connectivity index is 2.15. The highest BCUT2D eigenvalue weighted by molar-refractivity contribution is 6.30. The van der Waals surface area contributed by atoms with E-state index in [9.17, 15) is 0 Å². The van der Waals surface area contributed by atoms with Gasteiger partial charge < -0.3 is 4.74 Å². The average Bonchev–Trinajstić information content (AvgIpc) is 2.65. The van der Waals surface area contributed by atoms with Crippen molar-refractivity contribution in [1.29, 1.82) is 0 Å². The molecule has 0 atom stereocenters. The molecule has 3 rings (SSSR count). The van der Waals surface area contributed by atoms with E-state index in [0.717, 1.165) is 34.7 Å². The summed E-state index contributed by atoms with van der Waals surface area (Å²) < 4.78 is 5.32. The summed E-state index contributed by atoms with van der Waals surface area (Å²) in [5, 5.41) is 9.44. The van der Waals surface area contributed by atoms with Gasteiger partial charge in [-0.25, -0.2) is 0 Å². The standard InChI is InChI=1S/C17H15ClN2O/c1-11-9-13-10-15(21-2)7-8-16(13)17(20-19-11)12-3-5-14(18)6-4-12/h3-8,10H,9H2,1-2H3. The van der Waals surface area contributed by atoms with E-state index in [2.05, 4.69) is 10.2 Å². The number of methoxy groups -OCH3 is 1. The van der Waals surface area contributed by atoms with Crippen LogP contribution in [0.1, 0.15) is 23.6 Å². The Morgan fingerprint density at radius 1 is 1.05 bits per heavy atom. The highest BCUT2D eigenvalue weighted by Crippen LogP contribution is 2.24. The van der Waals surface area contributed by atoms with Crippen molar-refractivity contribution in [3.8, 4) is 5.75 Å². The fourth-order valence-electron chi connectivity index (χ4n) is 2.40. The predicted octanol–water partition coefficient (Wildman–Crippen LogP) is 4.12. The van der Waals surface area contributed by atoms with Crippen LogP contribution in [0.5, 0.6) is 5.75 Å². The maximum absolute atomic E-state index is 5.96. The van der Waals surface area contributed by atoms with E-state index >= 15 is 0 Å². The molecule has 0 saturated carbocycles. The van der Waals surface area contributed by atoms with Gasteiger partial charge in [0.25, 0.3) is 0 Å². The van der Waals surface area contributed by atoms with Crippen LogP contribution in [0.25, 0.3) is 0 Å². The molecule has 0 fully saturated rings. The number of fused-ring (bicyclic) bond motifs is 1. The molecule has 0 saturated heterocycles. The summed E-state index contributed by atoms with van der Waals surface area (Å²) in [6.45, 7) is 1.98. The number of ether oxygens (including phenoxy) is 1. The van der Waals surface area contributed by atoms with E-state index in [1.807, 2.05) is 49.4 Å². The third-order valence-corrected chi connectivity index (χ3v) is 3.70. The number of hydrogen-bond donors (Lipinski definition) is 0. The Labute approximate surface area is 128 Å². The normalized spacial score (nSPS) is 13.9. The molecule has 0 aliphatic carbocycles. The molecule has 1 heterocycles. The summed E-state index contributed by atoms with van der Waals surface area (Å²) in [7, 11) is 1.67. The fourth-order valence-corrected chi connectivity index (χ4v) is 2.52. The number of nitrogens with zero attached hydrogens (tertiary/aromatic N) is 2. The first-order chi connectivity index (χ1) is 10.2. The van der Waals surface area contributed by atoms with Crippen LogP contribution in [-0.2, 0) is 6.42 Å². The first kappa shape index (κ1) is 13.8. The smallest absolute Gasteiger partial charge is 0.119 e. The Kier molecular flexibility index (Phi) is 3.76. The molecule has 1 aliphatic heterocycles. The summed E-state index contributed by atoms with van der Waals surface area (Å²) in [4.78, 5) is 0. The lowest BCUT2D eigenvalue weighted by Gasteiger charge is -2.11. The van der Waals surface area contributed by atoms with Gasteiger partial charge in [-0.15, -0.1) is 5.10 Å². The molecule has 0 radical (unpaired) electrons. The van der Waals surface area contributed by atoms with Gasteiger partial charge in [0.05, 0.1) is 7.11 Å². The van der Waals surface area contributed by atoms with Crippen molar-refractivity contribution in [2.75, 3.05) is 7.11 Å². The molecule has 0 aromatic heterocycles. The largest absolute Gasteiger partial charge is 0.497 e. The second kappa shape index (κ2) is 5.70. The lowest BCUT2D eigenvalue weighted by Crippen LogP contribution is -2.07. The molecule has 3 nitrogen and oxygen atoms in total. The topological polar surface area (TPSA) is 34.0 Å². The number of rotatable bonds is 2. The molecule has 2 aromatic rings. The van der Waals surface area contributed by atoms with Crippen LogP contribution < -0.4 is 4.74 Å². The van der Waals surface area contributed by atoms with Gasteiger partial charge in [-0.3, -0.25) is 0 Å². The zero-order valence-corrected chi connectivity index (χ0v) is 12.7. The Bertz CT molecular complexity index is 733. The van der Waals surface area contributed by atoms with Gasteiger partial charge in [-0.05, 0) is 42.8 Å². The van der Waals surface area contributed by atoms with E-state index in [0.29, 0.717) is 5.02 Å². The van der Waals surface area contributed by atoms with E-state index in [1.165, 1.54) is 5.56 Å². The van der Waals surface area contributed by atoms with Crippen molar-refractivity contribution in [3.63, 3.8) is 0 Å². The third-order valence-electron chi connectivity index (χ3n) is 3.45. The second-order valence-electron chi connectivity index (χ2n) is 4.99. The molecule has 0 spiro atoms. The second-order valence-corrected chi connectivity index (χ2v) is 5.43. The summed E-state index contributed by atoms with van der Waals surface area (Å²) >= 11 is 5.96. The molecule has 4 heteroatoms. The van der Waals surface area contributed by atoms with E-state index in [1.54, 1.807) is 7.11 Å². The SMILES string of the molecule is COc1ccc2c(c1)CC(C)=NN=C2c1ccc(Cl)cc1. The molecular formula is C17H15ClN2O. The van der Waals surface area contributed by atoms with Gasteiger partial charge in [0.1, 0.15) is 11.5 Å². The van der Waals surface area contributed by atoms with Crippen LogP contribution in [0, 0.1) is 0 Å². The molecule has 21 heavy (non-hydrogen) atoms. The lowest BCUT2D eigenvalue weighted by molar-refractivity contribution is 0.414. The predicted molar refractivity (Wildman–Crippen MR) is 86.9 cm³/mol. The average molecular weight is 299 g/mol. The van der Waals surface area contributed by atoms with Crippen LogP contribution in [0.2, 0.25) is 5.02 Å². The van der Waals surface area contributed by atoms with Gasteiger partial charge in [-0.2, -0.15) is 5.10 Å². The van der Waals surface area contributed by atoms with Crippen molar-refractivity contribution < 1.29 is 4.74 Å². The van der Waals surface area contributed by atoms with E-state index in [4.69, 9.17) is 16.3 Å². The monoisotopic (exact) mass is 298 g/mol. The Hall–Kier alpha value is -2.13. The van der Waals surface area contributed by atoms with Gasteiger partial charge in [0, 0.05) is 28.3 Å². The summed E-state index contributed by atoms with van der Waals surface area (Å²) in [5.74, 6) is 0.846. The first-order valence-corrected chi connectivity index (χ1v) is 7.09. The lowest BCUT2D eigenvalue weighted by atomic mass is 9.95. The molecule has 0 N–H and O–H groups in total. The zero-order valence-electron chi connectivity index (χ0n) is 11.9. The quantitative estimate of drug-likeness (QED) is 0.821. The maximum Gasteiger partial charge on any atom is 0.119 e. The van der Waals surface area contributed by atoms with Gasteiger partial charge in [0.15, 0.2) is 0 Å². The molecule has 0 amide bonds. The summed E-state index contributed by atoms with van der Waals surface area (Å²) in [6.07, 6.45) is 0.771. The first-order valence-electron chi connectivity index (χ1n) is 6.72. The maximum atomic E-state index is 5.96. The molecule has 0 bridgehead atoms. The molecule has 2 aromatic carbocycles. The van der Waals surface area contributed by atoms with E-state index in [-0.39, 0.29) is 0 Å². The van der Waals surface area contributed by atoms with Crippen molar-refractivity contribution in [2.45, 2.75) is 13.3 Å². The van der Waals surface area contributed by atoms with Crippen LogP contribution in [0.3, 0.4) is 0 Å².